The Morgan fingerprint density at radius 3 is 2.52 bits per heavy atom. The summed E-state index contributed by atoms with van der Waals surface area (Å²) in [6, 6.07) is 8.52. The van der Waals surface area contributed by atoms with Crippen molar-refractivity contribution in [2.45, 2.75) is 33.1 Å². The van der Waals surface area contributed by atoms with Crippen molar-refractivity contribution >= 4 is 46.5 Å². The molecule has 0 heterocycles. The maximum atomic E-state index is 12.7. The van der Waals surface area contributed by atoms with Gasteiger partial charge in [-0.1, -0.05) is 42.3 Å². The van der Waals surface area contributed by atoms with Crippen molar-refractivity contribution in [3.63, 3.8) is 0 Å². The third-order valence-corrected chi connectivity index (χ3v) is 5.97. The van der Waals surface area contributed by atoms with E-state index >= 15 is 0 Å². The highest BCUT2D eigenvalue weighted by atomic mass is 35.5. The van der Waals surface area contributed by atoms with Gasteiger partial charge in [0.1, 0.15) is 5.75 Å². The van der Waals surface area contributed by atoms with E-state index in [9.17, 15) is 14.4 Å². The van der Waals surface area contributed by atoms with Gasteiger partial charge in [0.2, 0.25) is 5.91 Å². The first-order valence-corrected chi connectivity index (χ1v) is 10.8. The van der Waals surface area contributed by atoms with Crippen molar-refractivity contribution in [1.29, 1.82) is 0 Å². The molecule has 0 saturated carbocycles. The Morgan fingerprint density at radius 1 is 1.19 bits per heavy atom. The lowest BCUT2D eigenvalue weighted by Crippen LogP contribution is -2.40. The van der Waals surface area contributed by atoms with Gasteiger partial charge in [-0.15, -0.1) is 0 Å². The van der Waals surface area contributed by atoms with E-state index in [0.29, 0.717) is 40.0 Å². The van der Waals surface area contributed by atoms with Crippen molar-refractivity contribution < 1.29 is 19.1 Å². The zero-order valence-corrected chi connectivity index (χ0v) is 19.1. The van der Waals surface area contributed by atoms with E-state index < -0.39 is 5.91 Å². The summed E-state index contributed by atoms with van der Waals surface area (Å²) in [6.07, 6.45) is 0.441. The Morgan fingerprint density at radius 2 is 1.87 bits per heavy atom. The second-order valence-electron chi connectivity index (χ2n) is 7.54. The molecule has 0 aromatic heterocycles. The molecule has 0 spiro atoms. The Hall–Kier alpha value is -2.57. The average Bonchev–Trinajstić information content (AvgIpc) is 3.03. The van der Waals surface area contributed by atoms with Gasteiger partial charge in [0.05, 0.1) is 27.8 Å². The number of amides is 2. The second-order valence-corrected chi connectivity index (χ2v) is 8.35. The number of hydrogen-bond donors (Lipinski definition) is 1. The molecule has 2 aromatic carbocycles. The number of anilines is 1. The molecule has 6 nitrogen and oxygen atoms in total. The molecule has 0 unspecified atom stereocenters. The summed E-state index contributed by atoms with van der Waals surface area (Å²) in [5.41, 5.74) is 2.89. The van der Waals surface area contributed by atoms with Gasteiger partial charge in [-0.05, 0) is 49.1 Å². The van der Waals surface area contributed by atoms with Crippen LogP contribution in [-0.4, -0.2) is 42.2 Å². The number of para-hydroxylation sites is 1. The molecule has 1 aliphatic rings. The number of aryl methyl sites for hydroxylation is 1. The van der Waals surface area contributed by atoms with Gasteiger partial charge in [-0.2, -0.15) is 0 Å². The molecule has 0 fully saturated rings. The van der Waals surface area contributed by atoms with E-state index in [-0.39, 0.29) is 30.8 Å². The second kappa shape index (κ2) is 9.71. The zero-order chi connectivity index (χ0) is 22.7. The summed E-state index contributed by atoms with van der Waals surface area (Å²) >= 11 is 12.2. The lowest BCUT2D eigenvalue weighted by Gasteiger charge is -2.21. The highest BCUT2D eigenvalue weighted by molar-refractivity contribution is 6.39. The summed E-state index contributed by atoms with van der Waals surface area (Å²) in [5, 5.41) is 3.26. The van der Waals surface area contributed by atoms with Crippen molar-refractivity contribution in [1.82, 2.24) is 4.90 Å². The molecule has 1 atom stereocenters. The minimum atomic E-state index is -0.426. The molecule has 8 heteroatoms. The number of ketones is 1. The topological polar surface area (TPSA) is 75.7 Å². The van der Waals surface area contributed by atoms with Crippen molar-refractivity contribution in [3.05, 3.63) is 57.1 Å². The molecule has 0 bridgehead atoms. The number of halogens is 2. The normalized spacial score (nSPS) is 14.9. The van der Waals surface area contributed by atoms with E-state index in [1.807, 2.05) is 19.9 Å². The van der Waals surface area contributed by atoms with Crippen LogP contribution in [0.1, 0.15) is 47.7 Å². The van der Waals surface area contributed by atoms with Crippen LogP contribution in [0.15, 0.2) is 30.3 Å². The standard InChI is InChI=1S/C23H24Cl2N2O4/c1-4-27(11-19(29)26-23-15(24)6-5-7-16(23)25)20(30)12-31-18-9-8-13(2)21-14(3)10-17(28)22(18)21/h5-9,14H,4,10-12H2,1-3H3,(H,26,29)/t14-/m1/s1. The highest BCUT2D eigenvalue weighted by Gasteiger charge is 2.31. The maximum absolute atomic E-state index is 12.7. The molecular formula is C23H24Cl2N2O4. The van der Waals surface area contributed by atoms with E-state index in [1.165, 1.54) is 4.90 Å². The molecule has 0 radical (unpaired) electrons. The van der Waals surface area contributed by atoms with Crippen LogP contribution in [0.5, 0.6) is 5.75 Å². The average molecular weight is 463 g/mol. The number of hydrogen-bond acceptors (Lipinski definition) is 4. The number of nitrogens with one attached hydrogen (secondary N) is 1. The van der Waals surface area contributed by atoms with Crippen LogP contribution in [0.3, 0.4) is 0 Å². The fourth-order valence-electron chi connectivity index (χ4n) is 3.81. The molecule has 2 amide bonds. The summed E-state index contributed by atoms with van der Waals surface area (Å²) in [5.74, 6) is -0.223. The zero-order valence-electron chi connectivity index (χ0n) is 17.6. The van der Waals surface area contributed by atoms with Gasteiger partial charge >= 0.3 is 0 Å². The third-order valence-electron chi connectivity index (χ3n) is 5.34. The van der Waals surface area contributed by atoms with Gasteiger partial charge < -0.3 is 15.0 Å². The summed E-state index contributed by atoms with van der Waals surface area (Å²) in [6.45, 7) is 5.60. The summed E-state index contributed by atoms with van der Waals surface area (Å²) < 4.78 is 5.72. The molecule has 2 aromatic rings. The predicted octanol–water partition coefficient (Wildman–Crippen LogP) is 4.86. The Labute approximate surface area is 191 Å². The molecular weight excluding hydrogens is 439 g/mol. The minimum Gasteiger partial charge on any atom is -0.483 e. The van der Waals surface area contributed by atoms with E-state index in [2.05, 4.69) is 5.32 Å². The van der Waals surface area contributed by atoms with Crippen molar-refractivity contribution in [3.8, 4) is 5.75 Å². The van der Waals surface area contributed by atoms with Gasteiger partial charge in [0.25, 0.3) is 5.91 Å². The van der Waals surface area contributed by atoms with E-state index in [0.717, 1.165) is 11.1 Å². The number of likely N-dealkylation sites (N-methyl/N-ethyl adjacent to an activating group) is 1. The number of carbonyl (C=O) groups is 3. The summed E-state index contributed by atoms with van der Waals surface area (Å²) in [4.78, 5) is 38.9. The van der Waals surface area contributed by atoms with Crippen LogP contribution in [0.25, 0.3) is 0 Å². The molecule has 1 aliphatic carbocycles. The number of fused-ring (bicyclic) bond motifs is 1. The first kappa shape index (κ1) is 23.1. The van der Waals surface area contributed by atoms with Gasteiger partial charge in [0.15, 0.2) is 12.4 Å². The van der Waals surface area contributed by atoms with E-state index in [1.54, 1.807) is 31.2 Å². The Kier molecular flexibility index (Phi) is 7.23. The van der Waals surface area contributed by atoms with E-state index in [4.69, 9.17) is 27.9 Å². The lowest BCUT2D eigenvalue weighted by molar-refractivity contribution is -0.136. The highest BCUT2D eigenvalue weighted by Crippen LogP contribution is 2.40. The number of benzene rings is 2. The lowest BCUT2D eigenvalue weighted by atomic mass is 9.97. The van der Waals surface area contributed by atoms with Crippen LogP contribution in [-0.2, 0) is 9.59 Å². The number of nitrogens with zero attached hydrogens (tertiary/aromatic N) is 1. The van der Waals surface area contributed by atoms with Crippen LogP contribution < -0.4 is 10.1 Å². The number of rotatable bonds is 7. The van der Waals surface area contributed by atoms with Gasteiger partial charge in [-0.3, -0.25) is 14.4 Å². The molecule has 31 heavy (non-hydrogen) atoms. The van der Waals surface area contributed by atoms with Crippen LogP contribution in [0, 0.1) is 6.92 Å². The van der Waals surface area contributed by atoms with Gasteiger partial charge in [0, 0.05) is 13.0 Å². The first-order valence-electron chi connectivity index (χ1n) is 10.0. The van der Waals surface area contributed by atoms with Crippen LogP contribution in [0.2, 0.25) is 10.0 Å². The summed E-state index contributed by atoms with van der Waals surface area (Å²) in [7, 11) is 0. The molecule has 1 N–H and O–H groups in total. The number of ether oxygens (including phenoxy) is 1. The smallest absolute Gasteiger partial charge is 0.260 e. The quantitative estimate of drug-likeness (QED) is 0.637. The Balaban J connectivity index is 1.65. The number of carbonyl (C=O) groups excluding carboxylic acids is 3. The molecule has 0 aliphatic heterocycles. The SMILES string of the molecule is CCN(CC(=O)Nc1c(Cl)cccc1Cl)C(=O)COc1ccc(C)c2c1C(=O)C[C@H]2C. The largest absolute Gasteiger partial charge is 0.483 e. The first-order chi connectivity index (χ1) is 14.7. The molecule has 3 rings (SSSR count). The van der Waals surface area contributed by atoms with Gasteiger partial charge in [-0.25, -0.2) is 0 Å². The Bertz CT molecular complexity index is 1020. The van der Waals surface area contributed by atoms with Crippen LogP contribution in [0.4, 0.5) is 5.69 Å². The fraction of sp³-hybridized carbons (Fsp3) is 0.348. The third kappa shape index (κ3) is 5.02. The maximum Gasteiger partial charge on any atom is 0.260 e. The molecule has 0 saturated heterocycles. The molecule has 164 valence electrons. The number of Topliss-reactive ketones (excluding diaryl/α,β-unsaturated/α-hetero) is 1. The predicted molar refractivity (Wildman–Crippen MR) is 121 cm³/mol. The van der Waals surface area contributed by atoms with Crippen LogP contribution >= 0.6 is 23.2 Å². The monoisotopic (exact) mass is 462 g/mol. The van der Waals surface area contributed by atoms with Crippen molar-refractivity contribution in [2.75, 3.05) is 25.0 Å². The fourth-order valence-corrected chi connectivity index (χ4v) is 4.30. The minimum absolute atomic E-state index is 0.0250. The van der Waals surface area contributed by atoms with Crippen molar-refractivity contribution in [2.24, 2.45) is 0 Å².